The van der Waals surface area contributed by atoms with Crippen LogP contribution in [0.25, 0.3) is 0 Å². The topological polar surface area (TPSA) is 44.4 Å². The molecule has 0 spiro atoms. The van der Waals surface area contributed by atoms with Gasteiger partial charge in [-0.05, 0) is 38.9 Å². The van der Waals surface area contributed by atoms with Crippen molar-refractivity contribution in [3.63, 3.8) is 0 Å². The zero-order chi connectivity index (χ0) is 12.5. The highest BCUT2D eigenvalue weighted by Gasteiger charge is 2.21. The number of carbonyl (C=O) groups is 1. The number of piperidine rings is 1. The van der Waals surface area contributed by atoms with Gasteiger partial charge in [0.1, 0.15) is 0 Å². The third-order valence-corrected chi connectivity index (χ3v) is 3.43. The summed E-state index contributed by atoms with van der Waals surface area (Å²) < 4.78 is 0. The maximum Gasteiger partial charge on any atom is 0.234 e. The first kappa shape index (κ1) is 14.5. The highest BCUT2D eigenvalue weighted by molar-refractivity contribution is 5.78. The van der Waals surface area contributed by atoms with Gasteiger partial charge in [0.15, 0.2) is 0 Å². The minimum Gasteiger partial charge on any atom is -0.355 e. The first-order valence-electron chi connectivity index (χ1n) is 6.99. The van der Waals surface area contributed by atoms with E-state index in [4.69, 9.17) is 0 Å². The summed E-state index contributed by atoms with van der Waals surface area (Å²) >= 11 is 0. The van der Waals surface area contributed by atoms with E-state index in [-0.39, 0.29) is 5.91 Å². The van der Waals surface area contributed by atoms with Crippen molar-refractivity contribution in [1.29, 1.82) is 0 Å². The molecule has 0 aromatic carbocycles. The third kappa shape index (κ3) is 5.50. The van der Waals surface area contributed by atoms with Crippen LogP contribution in [0.5, 0.6) is 0 Å². The van der Waals surface area contributed by atoms with Gasteiger partial charge >= 0.3 is 0 Å². The van der Waals surface area contributed by atoms with E-state index in [0.29, 0.717) is 12.6 Å². The van der Waals surface area contributed by atoms with Crippen LogP contribution in [0.3, 0.4) is 0 Å². The van der Waals surface area contributed by atoms with Crippen molar-refractivity contribution in [3.8, 4) is 0 Å². The number of hydrogen-bond acceptors (Lipinski definition) is 3. The number of nitrogens with one attached hydrogen (secondary N) is 2. The number of nitrogens with zero attached hydrogens (tertiary/aromatic N) is 1. The maximum absolute atomic E-state index is 11.8. The molecule has 0 aromatic heterocycles. The Labute approximate surface area is 105 Å². The molecule has 0 aliphatic carbocycles. The Balaban J connectivity index is 2.27. The quantitative estimate of drug-likeness (QED) is 0.653. The summed E-state index contributed by atoms with van der Waals surface area (Å²) in [6.07, 6.45) is 4.53. The molecule has 0 saturated carbocycles. The zero-order valence-corrected chi connectivity index (χ0v) is 11.3. The Morgan fingerprint density at radius 3 is 2.65 bits per heavy atom. The van der Waals surface area contributed by atoms with Gasteiger partial charge in [0, 0.05) is 12.6 Å². The molecule has 1 saturated heterocycles. The van der Waals surface area contributed by atoms with Gasteiger partial charge in [0.05, 0.1) is 6.54 Å². The minimum absolute atomic E-state index is 0.179. The van der Waals surface area contributed by atoms with E-state index in [1.54, 1.807) is 0 Å². The number of likely N-dealkylation sites (N-methyl/N-ethyl adjacent to an activating group) is 1. The highest BCUT2D eigenvalue weighted by atomic mass is 16.2. The Kier molecular flexibility index (Phi) is 7.21. The molecule has 4 nitrogen and oxygen atoms in total. The smallest absolute Gasteiger partial charge is 0.234 e. The second kappa shape index (κ2) is 8.48. The molecule has 1 aliphatic heterocycles. The van der Waals surface area contributed by atoms with Crippen LogP contribution in [0.4, 0.5) is 0 Å². The number of rotatable bonds is 7. The summed E-state index contributed by atoms with van der Waals surface area (Å²) in [6, 6.07) is 0.582. The van der Waals surface area contributed by atoms with E-state index >= 15 is 0 Å². The van der Waals surface area contributed by atoms with Crippen LogP contribution in [0.1, 0.15) is 39.5 Å². The number of carbonyl (C=O) groups excluding carboxylic acids is 1. The molecule has 1 heterocycles. The van der Waals surface area contributed by atoms with Gasteiger partial charge in [-0.15, -0.1) is 0 Å². The monoisotopic (exact) mass is 241 g/mol. The molecule has 1 fully saturated rings. The average Bonchev–Trinajstić information content (AvgIpc) is 2.37. The largest absolute Gasteiger partial charge is 0.355 e. The molecular weight excluding hydrogens is 214 g/mol. The van der Waals surface area contributed by atoms with Crippen LogP contribution in [0.2, 0.25) is 0 Å². The first-order valence-corrected chi connectivity index (χ1v) is 6.99. The van der Waals surface area contributed by atoms with E-state index in [1.165, 1.54) is 0 Å². The fraction of sp³-hybridized carbons (Fsp3) is 0.923. The lowest BCUT2D eigenvalue weighted by Gasteiger charge is -2.33. The predicted molar refractivity (Wildman–Crippen MR) is 71.1 cm³/mol. The third-order valence-electron chi connectivity index (χ3n) is 3.43. The lowest BCUT2D eigenvalue weighted by atomic mass is 10.0. The van der Waals surface area contributed by atoms with E-state index in [1.807, 2.05) is 0 Å². The van der Waals surface area contributed by atoms with Gasteiger partial charge in [-0.25, -0.2) is 0 Å². The molecule has 1 amide bonds. The normalized spacial score (nSPS) is 17.4. The van der Waals surface area contributed by atoms with Gasteiger partial charge < -0.3 is 10.6 Å². The lowest BCUT2D eigenvalue weighted by molar-refractivity contribution is -0.122. The zero-order valence-electron chi connectivity index (χ0n) is 11.3. The molecule has 0 unspecified atom stereocenters. The average molecular weight is 241 g/mol. The van der Waals surface area contributed by atoms with Gasteiger partial charge in [-0.2, -0.15) is 0 Å². The summed E-state index contributed by atoms with van der Waals surface area (Å²) in [5.74, 6) is 0.179. The molecule has 0 atom stereocenters. The van der Waals surface area contributed by atoms with Crippen LogP contribution < -0.4 is 10.6 Å². The molecule has 4 heteroatoms. The van der Waals surface area contributed by atoms with E-state index in [0.717, 1.165) is 51.9 Å². The molecule has 2 N–H and O–H groups in total. The van der Waals surface area contributed by atoms with Crippen molar-refractivity contribution < 1.29 is 4.79 Å². The standard InChI is InChI=1S/C13H27N3O/c1-3-5-8-15-13(17)11-16(4-2)12-6-9-14-10-7-12/h12,14H,3-11H2,1-2H3,(H,15,17). The Morgan fingerprint density at radius 1 is 1.35 bits per heavy atom. The summed E-state index contributed by atoms with van der Waals surface area (Å²) in [5.41, 5.74) is 0. The summed E-state index contributed by atoms with van der Waals surface area (Å²) in [7, 11) is 0. The Bertz CT molecular complexity index is 215. The summed E-state index contributed by atoms with van der Waals surface area (Å²) in [6.45, 7) is 8.79. The van der Waals surface area contributed by atoms with Gasteiger partial charge in [-0.3, -0.25) is 9.69 Å². The molecule has 0 aromatic rings. The van der Waals surface area contributed by atoms with Gasteiger partial charge in [0.25, 0.3) is 0 Å². The molecule has 17 heavy (non-hydrogen) atoms. The van der Waals surface area contributed by atoms with E-state index in [9.17, 15) is 4.79 Å². The fourth-order valence-corrected chi connectivity index (χ4v) is 2.32. The molecule has 1 aliphatic rings. The Hall–Kier alpha value is -0.610. The van der Waals surface area contributed by atoms with Crippen molar-refractivity contribution in [2.24, 2.45) is 0 Å². The van der Waals surface area contributed by atoms with E-state index in [2.05, 4.69) is 29.4 Å². The molecular formula is C13H27N3O. The lowest BCUT2D eigenvalue weighted by Crippen LogP contribution is -2.47. The number of hydrogen-bond donors (Lipinski definition) is 2. The van der Waals surface area contributed by atoms with Crippen LogP contribution >= 0.6 is 0 Å². The molecule has 100 valence electrons. The van der Waals surface area contributed by atoms with Crippen molar-refractivity contribution in [2.75, 3.05) is 32.7 Å². The number of amides is 1. The molecule has 0 bridgehead atoms. The highest BCUT2D eigenvalue weighted by Crippen LogP contribution is 2.10. The molecule has 1 rings (SSSR count). The fourth-order valence-electron chi connectivity index (χ4n) is 2.32. The summed E-state index contributed by atoms with van der Waals surface area (Å²) in [5, 5.41) is 6.35. The molecule has 0 radical (unpaired) electrons. The number of unbranched alkanes of at least 4 members (excludes halogenated alkanes) is 1. The SMILES string of the molecule is CCCCNC(=O)CN(CC)C1CCNCC1. The first-order chi connectivity index (χ1) is 8.27. The predicted octanol–water partition coefficient (Wildman–Crippen LogP) is 0.977. The van der Waals surface area contributed by atoms with Crippen LogP contribution in [-0.4, -0.2) is 49.6 Å². The van der Waals surface area contributed by atoms with Crippen molar-refractivity contribution in [2.45, 2.75) is 45.6 Å². The van der Waals surface area contributed by atoms with Crippen LogP contribution in [0, 0.1) is 0 Å². The van der Waals surface area contributed by atoms with Crippen molar-refractivity contribution >= 4 is 5.91 Å². The van der Waals surface area contributed by atoms with Gasteiger partial charge in [-0.1, -0.05) is 20.3 Å². The Morgan fingerprint density at radius 2 is 2.06 bits per heavy atom. The maximum atomic E-state index is 11.8. The van der Waals surface area contributed by atoms with Crippen LogP contribution in [0.15, 0.2) is 0 Å². The summed E-state index contributed by atoms with van der Waals surface area (Å²) in [4.78, 5) is 14.1. The second-order valence-electron chi connectivity index (χ2n) is 4.75. The minimum atomic E-state index is 0.179. The van der Waals surface area contributed by atoms with Crippen molar-refractivity contribution in [1.82, 2.24) is 15.5 Å². The van der Waals surface area contributed by atoms with Crippen LogP contribution in [-0.2, 0) is 4.79 Å². The van der Waals surface area contributed by atoms with E-state index < -0.39 is 0 Å². The van der Waals surface area contributed by atoms with Crippen molar-refractivity contribution in [3.05, 3.63) is 0 Å². The second-order valence-corrected chi connectivity index (χ2v) is 4.75. The van der Waals surface area contributed by atoms with Gasteiger partial charge in [0.2, 0.25) is 5.91 Å².